The van der Waals surface area contributed by atoms with Crippen LogP contribution in [-0.4, -0.2) is 29.2 Å². The van der Waals surface area contributed by atoms with Crippen LogP contribution in [-0.2, 0) is 14.8 Å². The Bertz CT molecular complexity index is 1100. The Balaban J connectivity index is 2.24. The van der Waals surface area contributed by atoms with E-state index in [1.54, 1.807) is 49.4 Å². The van der Waals surface area contributed by atoms with E-state index >= 15 is 0 Å². The van der Waals surface area contributed by atoms with Gasteiger partial charge < -0.3 is 5.11 Å². The van der Waals surface area contributed by atoms with Gasteiger partial charge in [0, 0.05) is 23.1 Å². The summed E-state index contributed by atoms with van der Waals surface area (Å²) in [7, 11) is -3.89. The molecule has 1 heterocycles. The molecule has 0 radical (unpaired) electrons. The van der Waals surface area contributed by atoms with Gasteiger partial charge in [-0.15, -0.1) is 0 Å². The first-order chi connectivity index (χ1) is 12.3. The van der Waals surface area contributed by atoms with E-state index in [1.165, 1.54) is 12.1 Å². The third-order valence-electron chi connectivity index (χ3n) is 4.18. The molecule has 2 aromatic carbocycles. The van der Waals surface area contributed by atoms with Crippen LogP contribution < -0.4 is 0 Å². The van der Waals surface area contributed by atoms with Crippen LogP contribution in [0.5, 0.6) is 0 Å². The maximum absolute atomic E-state index is 13.1. The first-order valence-corrected chi connectivity index (χ1v) is 9.43. The van der Waals surface area contributed by atoms with Crippen LogP contribution in [0.2, 0.25) is 0 Å². The largest absolute Gasteiger partial charge is 0.481 e. The minimum Gasteiger partial charge on any atom is -0.481 e. The topological polar surface area (TPSA) is 93.4 Å². The lowest BCUT2D eigenvalue weighted by Gasteiger charge is -2.10. The van der Waals surface area contributed by atoms with Crippen molar-refractivity contribution < 1.29 is 23.1 Å². The van der Waals surface area contributed by atoms with Crippen LogP contribution in [0.25, 0.3) is 10.9 Å². The normalized spacial score (nSPS) is 11.6. The Kier molecular flexibility index (Phi) is 4.65. The van der Waals surface area contributed by atoms with Crippen molar-refractivity contribution in [3.8, 4) is 0 Å². The van der Waals surface area contributed by atoms with E-state index in [1.807, 2.05) is 0 Å². The second kappa shape index (κ2) is 6.76. The Morgan fingerprint density at radius 2 is 1.58 bits per heavy atom. The number of carboxylic acids is 1. The summed E-state index contributed by atoms with van der Waals surface area (Å²) in [5.41, 5.74) is 0.930. The van der Waals surface area contributed by atoms with Gasteiger partial charge in [-0.25, -0.2) is 12.4 Å². The molecule has 26 heavy (non-hydrogen) atoms. The molecule has 0 bridgehead atoms. The Morgan fingerprint density at radius 1 is 0.962 bits per heavy atom. The molecule has 0 aliphatic rings. The second-order valence-corrected chi connectivity index (χ2v) is 7.66. The highest BCUT2D eigenvalue weighted by Crippen LogP contribution is 2.31. The molecule has 0 atom stereocenters. The summed E-state index contributed by atoms with van der Waals surface area (Å²) in [5, 5.41) is 9.32. The van der Waals surface area contributed by atoms with Crippen LogP contribution in [0.1, 0.15) is 28.9 Å². The van der Waals surface area contributed by atoms with Crippen LogP contribution in [0, 0.1) is 6.92 Å². The zero-order valence-corrected chi connectivity index (χ0v) is 14.9. The number of hydrogen-bond donors (Lipinski definition) is 1. The van der Waals surface area contributed by atoms with E-state index in [2.05, 4.69) is 0 Å². The first kappa shape index (κ1) is 17.9. The maximum atomic E-state index is 13.1. The number of para-hydroxylation sites is 1. The standard InChI is InChI=1S/C19H17NO5S/c1-13-19(17(21)11-12-18(22)23)15-9-5-6-10-16(15)20(13)26(24,25)14-7-3-2-4-8-14/h2-10H,11-12H2,1H3,(H,22,23). The minimum atomic E-state index is -3.89. The highest BCUT2D eigenvalue weighted by molar-refractivity contribution is 7.90. The summed E-state index contributed by atoms with van der Waals surface area (Å²) in [6.45, 7) is 1.56. The average Bonchev–Trinajstić information content (AvgIpc) is 2.93. The number of aromatic nitrogens is 1. The molecule has 0 aliphatic carbocycles. The predicted molar refractivity (Wildman–Crippen MR) is 96.9 cm³/mol. The van der Waals surface area contributed by atoms with Crippen molar-refractivity contribution in [2.75, 3.05) is 0 Å². The van der Waals surface area contributed by atoms with Gasteiger partial charge in [0.25, 0.3) is 10.0 Å². The summed E-state index contributed by atoms with van der Waals surface area (Å²) < 4.78 is 27.4. The summed E-state index contributed by atoms with van der Waals surface area (Å²) in [6, 6.07) is 14.7. The van der Waals surface area contributed by atoms with Gasteiger partial charge in [0.2, 0.25) is 0 Å². The van der Waals surface area contributed by atoms with Crippen LogP contribution in [0.3, 0.4) is 0 Å². The van der Waals surface area contributed by atoms with Gasteiger partial charge in [-0.3, -0.25) is 9.59 Å². The number of Topliss-reactive ketones (excluding diaryl/α,β-unsaturated/α-hetero) is 1. The summed E-state index contributed by atoms with van der Waals surface area (Å²) >= 11 is 0. The van der Waals surface area contributed by atoms with Crippen LogP contribution >= 0.6 is 0 Å². The van der Waals surface area contributed by atoms with Crippen LogP contribution in [0.4, 0.5) is 0 Å². The molecular formula is C19H17NO5S. The average molecular weight is 371 g/mol. The zero-order chi connectivity index (χ0) is 18.9. The minimum absolute atomic E-state index is 0.119. The highest BCUT2D eigenvalue weighted by atomic mass is 32.2. The van der Waals surface area contributed by atoms with Crippen molar-refractivity contribution in [3.05, 3.63) is 65.9 Å². The smallest absolute Gasteiger partial charge is 0.303 e. The number of carbonyl (C=O) groups excluding carboxylic acids is 1. The second-order valence-electron chi connectivity index (χ2n) is 5.88. The molecule has 3 aromatic rings. The molecule has 0 saturated carbocycles. The molecule has 1 aromatic heterocycles. The number of rotatable bonds is 6. The van der Waals surface area contributed by atoms with E-state index in [-0.39, 0.29) is 34.8 Å². The molecule has 134 valence electrons. The lowest BCUT2D eigenvalue weighted by molar-refractivity contribution is -0.136. The fourth-order valence-electron chi connectivity index (χ4n) is 3.04. The number of benzene rings is 2. The van der Waals surface area contributed by atoms with Crippen molar-refractivity contribution in [2.45, 2.75) is 24.7 Å². The molecule has 0 fully saturated rings. The fourth-order valence-corrected chi connectivity index (χ4v) is 4.63. The molecule has 6 nitrogen and oxygen atoms in total. The highest BCUT2D eigenvalue weighted by Gasteiger charge is 2.27. The van der Waals surface area contributed by atoms with Gasteiger partial charge in [0.05, 0.1) is 16.8 Å². The third-order valence-corrected chi connectivity index (χ3v) is 6.00. The Labute approximate surface area is 150 Å². The molecule has 0 aliphatic heterocycles. The Hall–Kier alpha value is -2.93. The molecule has 0 saturated heterocycles. The number of carboxylic acid groups (broad SMARTS) is 1. The maximum Gasteiger partial charge on any atom is 0.303 e. The van der Waals surface area contributed by atoms with E-state index in [0.717, 1.165) is 3.97 Å². The number of nitrogens with zero attached hydrogens (tertiary/aromatic N) is 1. The van der Waals surface area contributed by atoms with E-state index in [4.69, 9.17) is 5.11 Å². The van der Waals surface area contributed by atoms with Gasteiger partial charge in [0.15, 0.2) is 5.78 Å². The molecule has 1 N–H and O–H groups in total. The van der Waals surface area contributed by atoms with Crippen molar-refractivity contribution >= 4 is 32.7 Å². The van der Waals surface area contributed by atoms with E-state index in [0.29, 0.717) is 10.9 Å². The molecule has 3 rings (SSSR count). The summed E-state index contributed by atoms with van der Waals surface area (Å²) in [4.78, 5) is 23.5. The summed E-state index contributed by atoms with van der Waals surface area (Å²) in [5.74, 6) is -1.46. The van der Waals surface area contributed by atoms with Crippen molar-refractivity contribution in [1.82, 2.24) is 3.97 Å². The monoisotopic (exact) mass is 371 g/mol. The lowest BCUT2D eigenvalue weighted by atomic mass is 10.0. The van der Waals surface area contributed by atoms with Gasteiger partial charge in [-0.2, -0.15) is 0 Å². The number of fused-ring (bicyclic) bond motifs is 1. The molecule has 7 heteroatoms. The summed E-state index contributed by atoms with van der Waals surface area (Å²) in [6.07, 6.45) is -0.487. The number of ketones is 1. The Morgan fingerprint density at radius 3 is 2.23 bits per heavy atom. The van der Waals surface area contributed by atoms with Crippen molar-refractivity contribution in [1.29, 1.82) is 0 Å². The third kappa shape index (κ3) is 3.01. The van der Waals surface area contributed by atoms with Crippen molar-refractivity contribution in [2.24, 2.45) is 0 Å². The lowest BCUT2D eigenvalue weighted by Crippen LogP contribution is -2.15. The number of carbonyl (C=O) groups is 2. The zero-order valence-electron chi connectivity index (χ0n) is 14.0. The van der Waals surface area contributed by atoms with Gasteiger partial charge in [-0.05, 0) is 25.1 Å². The molecule has 0 amide bonds. The number of hydrogen-bond acceptors (Lipinski definition) is 4. The molecule has 0 spiro atoms. The van der Waals surface area contributed by atoms with Gasteiger partial charge >= 0.3 is 5.97 Å². The van der Waals surface area contributed by atoms with E-state index < -0.39 is 16.0 Å². The molecule has 0 unspecified atom stereocenters. The number of aliphatic carboxylic acids is 1. The first-order valence-electron chi connectivity index (χ1n) is 7.99. The predicted octanol–water partition coefficient (Wildman–Crippen LogP) is 3.23. The fraction of sp³-hybridized carbons (Fsp3) is 0.158. The van der Waals surface area contributed by atoms with Crippen molar-refractivity contribution in [3.63, 3.8) is 0 Å². The molecular weight excluding hydrogens is 354 g/mol. The van der Waals surface area contributed by atoms with Gasteiger partial charge in [0.1, 0.15) is 0 Å². The SMILES string of the molecule is Cc1c(C(=O)CCC(=O)O)c2ccccc2n1S(=O)(=O)c1ccccc1. The van der Waals surface area contributed by atoms with Gasteiger partial charge in [-0.1, -0.05) is 36.4 Å². The van der Waals surface area contributed by atoms with Crippen LogP contribution in [0.15, 0.2) is 59.5 Å². The quantitative estimate of drug-likeness (QED) is 0.672. The van der Waals surface area contributed by atoms with E-state index in [9.17, 15) is 18.0 Å².